The van der Waals surface area contributed by atoms with E-state index in [1.54, 1.807) is 7.11 Å². The summed E-state index contributed by atoms with van der Waals surface area (Å²) < 4.78 is 6.69. The number of likely N-dealkylation sites (tertiary alicyclic amines) is 1. The Hall–Kier alpha value is -2.44. The lowest BCUT2D eigenvalue weighted by Crippen LogP contribution is -2.37. The predicted octanol–water partition coefficient (Wildman–Crippen LogP) is 1.83. The third kappa shape index (κ3) is 3.67. The summed E-state index contributed by atoms with van der Waals surface area (Å²) in [5.74, 6) is 0.883. The van der Waals surface area contributed by atoms with Gasteiger partial charge in [0, 0.05) is 6.54 Å². The summed E-state index contributed by atoms with van der Waals surface area (Å²) in [6.45, 7) is 0.956. The molecule has 1 aromatic heterocycles. The topological polar surface area (TPSA) is 73.1 Å². The molecule has 0 radical (unpaired) electrons. The van der Waals surface area contributed by atoms with Gasteiger partial charge in [0.25, 0.3) is 0 Å². The fourth-order valence-electron chi connectivity index (χ4n) is 3.06. The minimum Gasteiger partial charge on any atom is -0.497 e. The Balaban J connectivity index is 1.80. The summed E-state index contributed by atoms with van der Waals surface area (Å²) in [6, 6.07) is 8.10. The maximum atomic E-state index is 12.7. The summed E-state index contributed by atoms with van der Waals surface area (Å²) >= 11 is 0. The number of ether oxygens (including phenoxy) is 1. The molecule has 23 heavy (non-hydrogen) atoms. The first-order chi connectivity index (χ1) is 11.3. The quantitative estimate of drug-likeness (QED) is 0.860. The highest BCUT2D eigenvalue weighted by Crippen LogP contribution is 2.31. The third-order valence-electron chi connectivity index (χ3n) is 4.26. The molecule has 0 unspecified atom stereocenters. The molecule has 7 nitrogen and oxygen atoms in total. The Kier molecular flexibility index (Phi) is 4.85. The van der Waals surface area contributed by atoms with Crippen LogP contribution in [0.1, 0.15) is 37.3 Å². The number of aromatic nitrogens is 4. The molecule has 1 aromatic carbocycles. The van der Waals surface area contributed by atoms with Gasteiger partial charge < -0.3 is 9.64 Å². The van der Waals surface area contributed by atoms with Crippen molar-refractivity contribution >= 4 is 5.91 Å². The lowest BCUT2D eigenvalue weighted by Gasteiger charge is -2.30. The van der Waals surface area contributed by atoms with Gasteiger partial charge in [-0.25, -0.2) is 4.68 Å². The maximum Gasteiger partial charge on any atom is 0.244 e. The fourth-order valence-corrected chi connectivity index (χ4v) is 3.06. The standard InChI is InChI=1S/C16H21N5O2/c1-23-14-8-6-13(7-9-14)15-5-3-2-4-10-21(15)16(22)11-20-12-17-18-19-20/h6-9,12,15H,2-5,10-11H2,1H3/t15-/m1/s1. The lowest BCUT2D eigenvalue weighted by atomic mass is 10.0. The van der Waals surface area contributed by atoms with E-state index >= 15 is 0 Å². The molecule has 1 saturated heterocycles. The zero-order valence-corrected chi connectivity index (χ0v) is 13.3. The maximum absolute atomic E-state index is 12.7. The molecular formula is C16H21N5O2. The summed E-state index contributed by atoms with van der Waals surface area (Å²) in [5, 5.41) is 11.0. The van der Waals surface area contributed by atoms with Crippen LogP contribution in [0.3, 0.4) is 0 Å². The molecule has 1 atom stereocenters. The number of nitrogens with zero attached hydrogens (tertiary/aromatic N) is 5. The normalized spacial score (nSPS) is 18.5. The first kappa shape index (κ1) is 15.5. The van der Waals surface area contributed by atoms with Gasteiger partial charge in [0.05, 0.1) is 13.2 Å². The Labute approximate surface area is 135 Å². The number of carbonyl (C=O) groups is 1. The Morgan fingerprint density at radius 2 is 2.09 bits per heavy atom. The molecule has 122 valence electrons. The molecule has 1 fully saturated rings. The monoisotopic (exact) mass is 315 g/mol. The zero-order valence-electron chi connectivity index (χ0n) is 13.3. The van der Waals surface area contributed by atoms with E-state index in [0.717, 1.165) is 43.5 Å². The van der Waals surface area contributed by atoms with Gasteiger partial charge in [0.15, 0.2) is 0 Å². The van der Waals surface area contributed by atoms with Crippen molar-refractivity contribution < 1.29 is 9.53 Å². The van der Waals surface area contributed by atoms with E-state index in [9.17, 15) is 4.79 Å². The van der Waals surface area contributed by atoms with Crippen molar-refractivity contribution in [2.45, 2.75) is 38.3 Å². The van der Waals surface area contributed by atoms with E-state index in [1.807, 2.05) is 29.2 Å². The molecular weight excluding hydrogens is 294 g/mol. The van der Waals surface area contributed by atoms with E-state index in [2.05, 4.69) is 15.5 Å². The number of rotatable bonds is 4. The van der Waals surface area contributed by atoms with Gasteiger partial charge in [-0.05, 0) is 41.0 Å². The molecule has 0 saturated carbocycles. The largest absolute Gasteiger partial charge is 0.497 e. The van der Waals surface area contributed by atoms with Crippen molar-refractivity contribution in [3.63, 3.8) is 0 Å². The van der Waals surface area contributed by atoms with Crippen LogP contribution in [0.25, 0.3) is 0 Å². The number of carbonyl (C=O) groups excluding carboxylic acids is 1. The van der Waals surface area contributed by atoms with Crippen LogP contribution in [-0.2, 0) is 11.3 Å². The highest BCUT2D eigenvalue weighted by molar-refractivity contribution is 5.76. The van der Waals surface area contributed by atoms with Crippen molar-refractivity contribution in [2.24, 2.45) is 0 Å². The number of benzene rings is 1. The second-order valence-electron chi connectivity index (χ2n) is 5.73. The molecule has 2 aromatic rings. The van der Waals surface area contributed by atoms with Gasteiger partial charge in [-0.15, -0.1) is 5.10 Å². The molecule has 3 rings (SSSR count). The van der Waals surface area contributed by atoms with Crippen LogP contribution in [0.4, 0.5) is 0 Å². The first-order valence-electron chi connectivity index (χ1n) is 7.92. The molecule has 1 amide bonds. The second kappa shape index (κ2) is 7.21. The molecule has 7 heteroatoms. The summed E-state index contributed by atoms with van der Waals surface area (Å²) in [5.41, 5.74) is 1.15. The minimum absolute atomic E-state index is 0.0556. The van der Waals surface area contributed by atoms with Crippen LogP contribution in [0.2, 0.25) is 0 Å². The Bertz CT molecular complexity index is 626. The van der Waals surface area contributed by atoms with Crippen molar-refractivity contribution in [3.05, 3.63) is 36.2 Å². The third-order valence-corrected chi connectivity index (χ3v) is 4.26. The lowest BCUT2D eigenvalue weighted by molar-refractivity contribution is -0.134. The van der Waals surface area contributed by atoms with Crippen LogP contribution >= 0.6 is 0 Å². The average Bonchev–Trinajstić information content (AvgIpc) is 2.96. The molecule has 2 heterocycles. The van der Waals surface area contributed by atoms with Crippen molar-refractivity contribution in [3.8, 4) is 5.75 Å². The number of hydrogen-bond acceptors (Lipinski definition) is 5. The minimum atomic E-state index is 0.0556. The van der Waals surface area contributed by atoms with Crippen molar-refractivity contribution in [1.29, 1.82) is 0 Å². The molecule has 1 aliphatic heterocycles. The number of methoxy groups -OCH3 is 1. The van der Waals surface area contributed by atoms with Crippen LogP contribution < -0.4 is 4.74 Å². The van der Waals surface area contributed by atoms with Gasteiger partial charge >= 0.3 is 0 Å². The van der Waals surface area contributed by atoms with E-state index in [0.29, 0.717) is 0 Å². The second-order valence-corrected chi connectivity index (χ2v) is 5.73. The van der Waals surface area contributed by atoms with E-state index in [4.69, 9.17) is 4.74 Å². The van der Waals surface area contributed by atoms with Crippen molar-refractivity contribution in [1.82, 2.24) is 25.1 Å². The summed E-state index contributed by atoms with van der Waals surface area (Å²) in [6.07, 6.45) is 5.77. The van der Waals surface area contributed by atoms with Crippen LogP contribution in [0, 0.1) is 0 Å². The van der Waals surface area contributed by atoms with E-state index < -0.39 is 0 Å². The highest BCUT2D eigenvalue weighted by Gasteiger charge is 2.27. The molecule has 0 aliphatic carbocycles. The smallest absolute Gasteiger partial charge is 0.244 e. The summed E-state index contributed by atoms with van der Waals surface area (Å²) in [4.78, 5) is 14.7. The Morgan fingerprint density at radius 3 is 2.78 bits per heavy atom. The zero-order chi connectivity index (χ0) is 16.1. The highest BCUT2D eigenvalue weighted by atomic mass is 16.5. The number of hydrogen-bond donors (Lipinski definition) is 0. The fraction of sp³-hybridized carbons (Fsp3) is 0.500. The molecule has 0 spiro atoms. The van der Waals surface area contributed by atoms with Crippen molar-refractivity contribution in [2.75, 3.05) is 13.7 Å². The Morgan fingerprint density at radius 1 is 1.26 bits per heavy atom. The summed E-state index contributed by atoms with van der Waals surface area (Å²) in [7, 11) is 1.66. The van der Waals surface area contributed by atoms with Crippen LogP contribution in [0.5, 0.6) is 5.75 Å². The molecule has 1 aliphatic rings. The van der Waals surface area contributed by atoms with E-state index in [1.165, 1.54) is 11.0 Å². The predicted molar refractivity (Wildman–Crippen MR) is 83.7 cm³/mol. The molecule has 0 N–H and O–H groups in total. The SMILES string of the molecule is COc1ccc([C@H]2CCCCCN2C(=O)Cn2cnnn2)cc1. The van der Waals surface area contributed by atoms with Gasteiger partial charge in [-0.1, -0.05) is 25.0 Å². The average molecular weight is 315 g/mol. The number of tetrazole rings is 1. The number of amides is 1. The molecule has 0 bridgehead atoms. The van der Waals surface area contributed by atoms with Crippen LogP contribution in [0.15, 0.2) is 30.6 Å². The first-order valence-corrected chi connectivity index (χ1v) is 7.92. The van der Waals surface area contributed by atoms with E-state index in [-0.39, 0.29) is 18.5 Å². The van der Waals surface area contributed by atoms with Gasteiger partial charge in [-0.3, -0.25) is 4.79 Å². The van der Waals surface area contributed by atoms with Crippen LogP contribution in [-0.4, -0.2) is 44.7 Å². The van der Waals surface area contributed by atoms with Gasteiger partial charge in [0.2, 0.25) is 5.91 Å². The van der Waals surface area contributed by atoms with Gasteiger partial charge in [-0.2, -0.15) is 0 Å². The van der Waals surface area contributed by atoms with Gasteiger partial charge in [0.1, 0.15) is 18.6 Å².